The number of unbranched alkanes of at least 4 members (excludes halogenated alkanes) is 8. The lowest BCUT2D eigenvalue weighted by atomic mass is 10.1. The normalized spacial score (nSPS) is 16.4. The Balaban J connectivity index is 1.41. The minimum absolute atomic E-state index is 0.329. The van der Waals surface area contributed by atoms with Crippen LogP contribution in [-0.2, 0) is 11.2 Å². The van der Waals surface area contributed by atoms with Crippen LogP contribution in [-0.4, -0.2) is 19.3 Å². The van der Waals surface area contributed by atoms with E-state index in [0.29, 0.717) is 12.7 Å². The summed E-state index contributed by atoms with van der Waals surface area (Å²) in [5.74, 6) is 0.959. The average Bonchev–Trinajstić information content (AvgIpc) is 3.46. The molecule has 1 heterocycles. The number of aryl methyl sites for hydroxylation is 1. The second-order valence-electron chi connectivity index (χ2n) is 7.18. The highest BCUT2D eigenvalue weighted by Crippen LogP contribution is 2.17. The zero-order valence-electron chi connectivity index (χ0n) is 16.1. The van der Waals surface area contributed by atoms with Crippen molar-refractivity contribution in [2.24, 2.45) is 0 Å². The number of ether oxygens (including phenoxy) is 2. The SMILES string of the molecule is CCCCCC/C=C/CCCCCCc1ccc(OCC2CO2)cc1. The van der Waals surface area contributed by atoms with Gasteiger partial charge in [0.1, 0.15) is 18.5 Å². The van der Waals surface area contributed by atoms with Crippen LogP contribution in [0.4, 0.5) is 0 Å². The van der Waals surface area contributed by atoms with Crippen molar-refractivity contribution in [1.82, 2.24) is 0 Å². The van der Waals surface area contributed by atoms with Crippen molar-refractivity contribution < 1.29 is 9.47 Å². The van der Waals surface area contributed by atoms with E-state index in [1.807, 2.05) is 0 Å². The first kappa shape index (κ1) is 20.0. The van der Waals surface area contributed by atoms with Crippen molar-refractivity contribution in [3.63, 3.8) is 0 Å². The minimum Gasteiger partial charge on any atom is -0.491 e. The van der Waals surface area contributed by atoms with E-state index >= 15 is 0 Å². The van der Waals surface area contributed by atoms with Crippen molar-refractivity contribution >= 4 is 0 Å². The molecule has 0 saturated carbocycles. The zero-order valence-corrected chi connectivity index (χ0v) is 16.1. The minimum atomic E-state index is 0.329. The van der Waals surface area contributed by atoms with Gasteiger partial charge in [0.05, 0.1) is 6.61 Å². The lowest BCUT2D eigenvalue weighted by Crippen LogP contribution is -2.03. The Kier molecular flexibility index (Phi) is 10.4. The Hall–Kier alpha value is -1.28. The first-order valence-electron chi connectivity index (χ1n) is 10.4. The van der Waals surface area contributed by atoms with E-state index in [4.69, 9.17) is 9.47 Å². The second-order valence-corrected chi connectivity index (χ2v) is 7.18. The summed E-state index contributed by atoms with van der Waals surface area (Å²) in [7, 11) is 0. The molecule has 1 aromatic rings. The Bertz CT molecular complexity index is 459. The van der Waals surface area contributed by atoms with Crippen LogP contribution in [0.25, 0.3) is 0 Å². The lowest BCUT2D eigenvalue weighted by molar-refractivity contribution is 0.263. The van der Waals surface area contributed by atoms with Gasteiger partial charge < -0.3 is 9.47 Å². The van der Waals surface area contributed by atoms with Crippen molar-refractivity contribution in [3.05, 3.63) is 42.0 Å². The fourth-order valence-electron chi connectivity index (χ4n) is 2.98. The molecule has 1 saturated heterocycles. The molecule has 0 N–H and O–H groups in total. The van der Waals surface area contributed by atoms with Crippen LogP contribution in [0.5, 0.6) is 5.75 Å². The van der Waals surface area contributed by atoms with E-state index in [0.717, 1.165) is 12.4 Å². The predicted molar refractivity (Wildman–Crippen MR) is 106 cm³/mol. The molecule has 1 aromatic carbocycles. The third kappa shape index (κ3) is 10.3. The molecule has 0 aromatic heterocycles. The summed E-state index contributed by atoms with van der Waals surface area (Å²) in [5.41, 5.74) is 1.42. The van der Waals surface area contributed by atoms with Crippen LogP contribution < -0.4 is 4.74 Å². The molecule has 2 heteroatoms. The number of benzene rings is 1. The first-order valence-corrected chi connectivity index (χ1v) is 10.4. The largest absolute Gasteiger partial charge is 0.491 e. The number of hydrogen-bond acceptors (Lipinski definition) is 2. The molecule has 140 valence electrons. The summed E-state index contributed by atoms with van der Waals surface area (Å²) in [6.07, 6.45) is 19.6. The molecule has 2 nitrogen and oxygen atoms in total. The van der Waals surface area contributed by atoms with Crippen molar-refractivity contribution in [2.75, 3.05) is 13.2 Å². The molecule has 0 bridgehead atoms. The molecule has 0 spiro atoms. The van der Waals surface area contributed by atoms with Gasteiger partial charge in [0.2, 0.25) is 0 Å². The molecular formula is C23H36O2. The van der Waals surface area contributed by atoms with Gasteiger partial charge in [-0.25, -0.2) is 0 Å². The maximum atomic E-state index is 5.67. The van der Waals surface area contributed by atoms with Gasteiger partial charge in [-0.3, -0.25) is 0 Å². The van der Waals surface area contributed by atoms with Crippen LogP contribution >= 0.6 is 0 Å². The van der Waals surface area contributed by atoms with E-state index < -0.39 is 0 Å². The molecule has 0 aliphatic carbocycles. The van der Waals surface area contributed by atoms with E-state index in [1.165, 1.54) is 76.2 Å². The van der Waals surface area contributed by atoms with Crippen molar-refractivity contribution in [1.29, 1.82) is 0 Å². The molecule has 0 radical (unpaired) electrons. The van der Waals surface area contributed by atoms with Gasteiger partial charge in [0, 0.05) is 0 Å². The van der Waals surface area contributed by atoms with Crippen molar-refractivity contribution in [2.45, 2.75) is 83.7 Å². The summed E-state index contributed by atoms with van der Waals surface area (Å²) >= 11 is 0. The molecule has 2 rings (SSSR count). The fourth-order valence-corrected chi connectivity index (χ4v) is 2.98. The highest BCUT2D eigenvalue weighted by molar-refractivity contribution is 5.27. The third-order valence-corrected chi connectivity index (χ3v) is 4.74. The van der Waals surface area contributed by atoms with Crippen LogP contribution in [0.1, 0.15) is 76.7 Å². The summed E-state index contributed by atoms with van der Waals surface area (Å²) in [6, 6.07) is 8.57. The summed E-state index contributed by atoms with van der Waals surface area (Å²) in [5, 5.41) is 0. The second kappa shape index (κ2) is 13.0. The summed E-state index contributed by atoms with van der Waals surface area (Å²) < 4.78 is 10.8. The third-order valence-electron chi connectivity index (χ3n) is 4.74. The molecule has 1 aliphatic heterocycles. The van der Waals surface area contributed by atoms with Crippen LogP contribution in [0.15, 0.2) is 36.4 Å². The Morgan fingerprint density at radius 3 is 2.20 bits per heavy atom. The Morgan fingerprint density at radius 2 is 1.56 bits per heavy atom. The van der Waals surface area contributed by atoms with Gasteiger partial charge in [0.15, 0.2) is 0 Å². The van der Waals surface area contributed by atoms with Crippen LogP contribution in [0, 0.1) is 0 Å². The van der Waals surface area contributed by atoms with Crippen molar-refractivity contribution in [3.8, 4) is 5.75 Å². The number of epoxide rings is 1. The topological polar surface area (TPSA) is 21.8 Å². The molecule has 1 fully saturated rings. The van der Waals surface area contributed by atoms with E-state index in [-0.39, 0.29) is 0 Å². The Morgan fingerprint density at radius 1 is 0.920 bits per heavy atom. The maximum absolute atomic E-state index is 5.67. The monoisotopic (exact) mass is 344 g/mol. The fraction of sp³-hybridized carbons (Fsp3) is 0.652. The average molecular weight is 345 g/mol. The number of hydrogen-bond donors (Lipinski definition) is 0. The van der Waals surface area contributed by atoms with E-state index in [2.05, 4.69) is 43.3 Å². The van der Waals surface area contributed by atoms with E-state index in [1.54, 1.807) is 0 Å². The van der Waals surface area contributed by atoms with Gasteiger partial charge >= 0.3 is 0 Å². The summed E-state index contributed by atoms with van der Waals surface area (Å²) in [4.78, 5) is 0. The van der Waals surface area contributed by atoms with E-state index in [9.17, 15) is 0 Å². The molecule has 1 atom stereocenters. The van der Waals surface area contributed by atoms with Gasteiger partial charge in [0.25, 0.3) is 0 Å². The quantitative estimate of drug-likeness (QED) is 0.206. The van der Waals surface area contributed by atoms with Gasteiger partial charge in [-0.2, -0.15) is 0 Å². The maximum Gasteiger partial charge on any atom is 0.119 e. The molecule has 0 amide bonds. The van der Waals surface area contributed by atoms with Gasteiger partial charge in [-0.1, -0.05) is 63.3 Å². The predicted octanol–water partition coefficient (Wildman–Crippen LogP) is 6.48. The van der Waals surface area contributed by atoms with Crippen LogP contribution in [0.3, 0.4) is 0 Å². The van der Waals surface area contributed by atoms with Gasteiger partial charge in [-0.15, -0.1) is 0 Å². The molecule has 1 unspecified atom stereocenters. The lowest BCUT2D eigenvalue weighted by Gasteiger charge is -2.06. The molecule has 1 aliphatic rings. The number of allylic oxidation sites excluding steroid dienone is 2. The standard InChI is InChI=1S/C23H36O2/c1-2-3-4-5-6-7-8-9-10-11-12-13-14-21-15-17-22(18-16-21)24-19-23-20-25-23/h7-8,15-18,23H,2-6,9-14,19-20H2,1H3/b8-7+. The highest BCUT2D eigenvalue weighted by Gasteiger charge is 2.22. The molecule has 25 heavy (non-hydrogen) atoms. The Labute approximate surface area is 154 Å². The molecular weight excluding hydrogens is 308 g/mol. The summed E-state index contributed by atoms with van der Waals surface area (Å²) in [6.45, 7) is 3.81. The van der Waals surface area contributed by atoms with Gasteiger partial charge in [-0.05, 0) is 56.2 Å². The number of rotatable bonds is 15. The smallest absolute Gasteiger partial charge is 0.119 e. The highest BCUT2D eigenvalue weighted by atomic mass is 16.6. The van der Waals surface area contributed by atoms with Crippen LogP contribution in [0.2, 0.25) is 0 Å². The zero-order chi connectivity index (χ0) is 17.6. The first-order chi connectivity index (χ1) is 12.4.